The first-order valence-electron chi connectivity index (χ1n) is 8.44. The first kappa shape index (κ1) is 15.6. The summed E-state index contributed by atoms with van der Waals surface area (Å²) in [6.07, 6.45) is 0.445. The van der Waals surface area contributed by atoms with Crippen LogP contribution in [0.25, 0.3) is 10.8 Å². The van der Waals surface area contributed by atoms with E-state index in [1.165, 1.54) is 0 Å². The molecule has 2 fully saturated rings. The van der Waals surface area contributed by atoms with E-state index in [0.29, 0.717) is 18.5 Å². The van der Waals surface area contributed by atoms with Crippen LogP contribution in [0.5, 0.6) is 0 Å². The fourth-order valence-electron chi connectivity index (χ4n) is 3.74. The molecular weight excluding hydrogens is 318 g/mol. The zero-order valence-electron chi connectivity index (χ0n) is 13.9. The smallest absolute Gasteiger partial charge is 0.252 e. The highest BCUT2D eigenvalue weighted by molar-refractivity contribution is 6.07. The van der Waals surface area contributed by atoms with Crippen LogP contribution in [0.3, 0.4) is 0 Å². The van der Waals surface area contributed by atoms with E-state index in [-0.39, 0.29) is 23.8 Å². The van der Waals surface area contributed by atoms with Crippen LogP contribution in [0.15, 0.2) is 42.5 Å². The summed E-state index contributed by atoms with van der Waals surface area (Å²) in [4.78, 5) is 38.6. The Morgan fingerprint density at radius 1 is 1.16 bits per heavy atom. The Morgan fingerprint density at radius 2 is 1.92 bits per heavy atom. The number of piperazine rings is 1. The zero-order chi connectivity index (χ0) is 17.6. The van der Waals surface area contributed by atoms with Crippen LogP contribution in [-0.4, -0.2) is 47.3 Å². The number of benzene rings is 2. The molecule has 2 saturated heterocycles. The van der Waals surface area contributed by atoms with Crippen molar-refractivity contribution in [3.8, 4) is 0 Å². The summed E-state index contributed by atoms with van der Waals surface area (Å²) in [5, 5.41) is 7.57. The van der Waals surface area contributed by atoms with Crippen molar-refractivity contribution in [1.82, 2.24) is 15.5 Å². The van der Waals surface area contributed by atoms with Crippen LogP contribution in [-0.2, 0) is 9.59 Å². The van der Waals surface area contributed by atoms with Gasteiger partial charge in [-0.3, -0.25) is 14.4 Å². The Hall–Kier alpha value is -2.89. The maximum atomic E-state index is 12.7. The average molecular weight is 337 g/mol. The van der Waals surface area contributed by atoms with Gasteiger partial charge in [-0.15, -0.1) is 0 Å². The Labute approximate surface area is 145 Å². The minimum atomic E-state index is -0.503. The highest BCUT2D eigenvalue weighted by atomic mass is 16.2. The molecule has 2 heterocycles. The summed E-state index contributed by atoms with van der Waals surface area (Å²) in [6, 6.07) is 12.1. The molecule has 0 aromatic heterocycles. The number of rotatable bonds is 2. The average Bonchev–Trinajstić information content (AvgIpc) is 3.04. The number of carbonyl (C=O) groups excluding carboxylic acids is 3. The maximum Gasteiger partial charge on any atom is 0.252 e. The van der Waals surface area contributed by atoms with Crippen LogP contribution in [0.1, 0.15) is 23.7 Å². The summed E-state index contributed by atoms with van der Waals surface area (Å²) in [6.45, 7) is 2.05. The Morgan fingerprint density at radius 3 is 2.76 bits per heavy atom. The van der Waals surface area contributed by atoms with Crippen molar-refractivity contribution in [1.29, 1.82) is 0 Å². The fraction of sp³-hybridized carbons (Fsp3) is 0.316. The summed E-state index contributed by atoms with van der Waals surface area (Å²) in [5.41, 5.74) is 0.604. The molecule has 2 aromatic carbocycles. The van der Waals surface area contributed by atoms with Crippen LogP contribution < -0.4 is 10.6 Å². The van der Waals surface area contributed by atoms with Gasteiger partial charge in [0.2, 0.25) is 11.8 Å². The van der Waals surface area contributed by atoms with E-state index in [1.54, 1.807) is 17.9 Å². The van der Waals surface area contributed by atoms with Gasteiger partial charge in [0.25, 0.3) is 5.91 Å². The van der Waals surface area contributed by atoms with Crippen LogP contribution in [0.4, 0.5) is 0 Å². The minimum absolute atomic E-state index is 0.0912. The third kappa shape index (κ3) is 2.63. The number of nitrogens with zero attached hydrogens (tertiary/aromatic N) is 1. The van der Waals surface area contributed by atoms with Gasteiger partial charge < -0.3 is 15.5 Å². The monoisotopic (exact) mass is 337 g/mol. The lowest BCUT2D eigenvalue weighted by molar-refractivity contribution is -0.146. The molecule has 0 aliphatic carbocycles. The van der Waals surface area contributed by atoms with Crippen LogP contribution in [0.2, 0.25) is 0 Å². The summed E-state index contributed by atoms with van der Waals surface area (Å²) < 4.78 is 0. The van der Waals surface area contributed by atoms with E-state index in [0.717, 1.165) is 10.8 Å². The number of hydrogen-bond acceptors (Lipinski definition) is 3. The number of amides is 3. The van der Waals surface area contributed by atoms with Crippen molar-refractivity contribution in [3.63, 3.8) is 0 Å². The number of fused-ring (bicyclic) bond motifs is 2. The summed E-state index contributed by atoms with van der Waals surface area (Å²) in [7, 11) is 0. The molecule has 6 heteroatoms. The van der Waals surface area contributed by atoms with Crippen LogP contribution >= 0.6 is 0 Å². The molecule has 3 amide bonds. The van der Waals surface area contributed by atoms with Crippen molar-refractivity contribution >= 4 is 28.5 Å². The molecule has 0 saturated carbocycles. The lowest BCUT2D eigenvalue weighted by atomic mass is 10.0. The molecular formula is C19H19N3O3. The number of nitrogens with one attached hydrogen (secondary N) is 2. The SMILES string of the molecule is C[C@H]1NC(=O)[C@@H]2C[C@H](NC(=O)c3cccc4ccccc34)CN2C1=O. The largest absolute Gasteiger partial charge is 0.347 e. The molecule has 25 heavy (non-hydrogen) atoms. The second-order valence-corrected chi connectivity index (χ2v) is 6.67. The van der Waals surface area contributed by atoms with E-state index in [2.05, 4.69) is 10.6 Å². The topological polar surface area (TPSA) is 78.5 Å². The van der Waals surface area contributed by atoms with Crippen molar-refractivity contribution in [2.45, 2.75) is 31.5 Å². The molecule has 4 rings (SSSR count). The van der Waals surface area contributed by atoms with Crippen molar-refractivity contribution < 1.29 is 14.4 Å². The Bertz CT molecular complexity index is 874. The predicted molar refractivity (Wildman–Crippen MR) is 92.9 cm³/mol. The van der Waals surface area contributed by atoms with Crippen LogP contribution in [0, 0.1) is 0 Å². The molecule has 0 radical (unpaired) electrons. The number of carbonyl (C=O) groups is 3. The molecule has 2 N–H and O–H groups in total. The predicted octanol–water partition coefficient (Wildman–Crippen LogP) is 1.06. The molecule has 128 valence electrons. The molecule has 6 nitrogen and oxygen atoms in total. The van der Waals surface area contributed by atoms with Gasteiger partial charge in [0.05, 0.1) is 0 Å². The molecule has 0 unspecified atom stereocenters. The van der Waals surface area contributed by atoms with Gasteiger partial charge in [0.1, 0.15) is 12.1 Å². The summed E-state index contributed by atoms with van der Waals surface area (Å²) >= 11 is 0. The lowest BCUT2D eigenvalue weighted by Crippen LogP contribution is -2.60. The highest BCUT2D eigenvalue weighted by Crippen LogP contribution is 2.24. The quantitative estimate of drug-likeness (QED) is 0.860. The molecule has 2 aliphatic heterocycles. The standard InChI is InChI=1S/C19H19N3O3/c1-11-19(25)22-10-13(9-16(22)18(24)20-11)21-17(23)15-8-4-6-12-5-2-3-7-14(12)15/h2-8,11,13,16H,9-10H2,1H3,(H,20,24)(H,21,23)/t11-,13+,16+/m1/s1. The first-order valence-corrected chi connectivity index (χ1v) is 8.44. The normalized spacial score (nSPS) is 25.6. The van der Waals surface area contributed by atoms with Crippen molar-refractivity contribution in [2.75, 3.05) is 6.54 Å². The van der Waals surface area contributed by atoms with E-state index >= 15 is 0 Å². The maximum absolute atomic E-state index is 12.7. The van der Waals surface area contributed by atoms with Gasteiger partial charge in [-0.05, 0) is 30.2 Å². The number of hydrogen-bond donors (Lipinski definition) is 2. The minimum Gasteiger partial charge on any atom is -0.347 e. The third-order valence-corrected chi connectivity index (χ3v) is 4.99. The summed E-state index contributed by atoms with van der Waals surface area (Å²) in [5.74, 6) is -0.414. The van der Waals surface area contributed by atoms with Gasteiger partial charge in [-0.2, -0.15) is 0 Å². The van der Waals surface area contributed by atoms with Gasteiger partial charge in [0.15, 0.2) is 0 Å². The van der Waals surface area contributed by atoms with Crippen molar-refractivity contribution in [3.05, 3.63) is 48.0 Å². The van der Waals surface area contributed by atoms with Gasteiger partial charge >= 0.3 is 0 Å². The first-order chi connectivity index (χ1) is 12.0. The lowest BCUT2D eigenvalue weighted by Gasteiger charge is -2.32. The van der Waals surface area contributed by atoms with E-state index in [4.69, 9.17) is 0 Å². The second-order valence-electron chi connectivity index (χ2n) is 6.67. The molecule has 3 atom stereocenters. The molecule has 2 aliphatic rings. The zero-order valence-corrected chi connectivity index (χ0v) is 13.9. The van der Waals surface area contributed by atoms with Crippen molar-refractivity contribution in [2.24, 2.45) is 0 Å². The van der Waals surface area contributed by atoms with E-state index < -0.39 is 12.1 Å². The Kier molecular flexibility index (Phi) is 3.67. The highest BCUT2D eigenvalue weighted by Gasteiger charge is 2.45. The molecule has 0 spiro atoms. The second kappa shape index (κ2) is 5.88. The van der Waals surface area contributed by atoms with Gasteiger partial charge in [-0.25, -0.2) is 0 Å². The Balaban J connectivity index is 1.54. The fourth-order valence-corrected chi connectivity index (χ4v) is 3.74. The van der Waals surface area contributed by atoms with Gasteiger partial charge in [-0.1, -0.05) is 36.4 Å². The molecule has 2 aromatic rings. The third-order valence-electron chi connectivity index (χ3n) is 4.99. The van der Waals surface area contributed by atoms with E-state index in [1.807, 2.05) is 36.4 Å². The van der Waals surface area contributed by atoms with E-state index in [9.17, 15) is 14.4 Å². The molecule has 0 bridgehead atoms. The van der Waals surface area contributed by atoms with Gasteiger partial charge in [0, 0.05) is 18.2 Å².